The Morgan fingerprint density at radius 3 is 2.54 bits per heavy atom. The summed E-state index contributed by atoms with van der Waals surface area (Å²) in [5.41, 5.74) is 8.21. The molecule has 0 radical (unpaired) electrons. The van der Waals surface area contributed by atoms with Crippen molar-refractivity contribution in [2.75, 3.05) is 5.73 Å². The van der Waals surface area contributed by atoms with Crippen molar-refractivity contribution in [3.63, 3.8) is 0 Å². The van der Waals surface area contributed by atoms with E-state index < -0.39 is 0 Å². The van der Waals surface area contributed by atoms with Gasteiger partial charge >= 0.3 is 0 Å². The van der Waals surface area contributed by atoms with E-state index in [1.54, 1.807) is 18.2 Å². The van der Waals surface area contributed by atoms with Gasteiger partial charge in [0, 0.05) is 17.2 Å². The van der Waals surface area contributed by atoms with E-state index in [1.165, 1.54) is 12.1 Å². The van der Waals surface area contributed by atoms with Crippen LogP contribution < -0.4 is 10.5 Å². The van der Waals surface area contributed by atoms with Gasteiger partial charge in [-0.3, -0.25) is 0 Å². The van der Waals surface area contributed by atoms with Gasteiger partial charge < -0.3 is 10.5 Å². The second-order valence-electron chi connectivity index (χ2n) is 5.64. The highest BCUT2D eigenvalue weighted by Gasteiger charge is 2.30. The molecule has 5 heteroatoms. The molecule has 3 nitrogen and oxygen atoms in total. The number of ether oxygens (including phenoxy) is 1. The van der Waals surface area contributed by atoms with E-state index >= 15 is 0 Å². The van der Waals surface area contributed by atoms with Gasteiger partial charge in [-0.25, -0.2) is 9.65 Å². The van der Waals surface area contributed by atoms with Crippen LogP contribution in [0.3, 0.4) is 0 Å². The fourth-order valence-electron chi connectivity index (χ4n) is 2.85. The third kappa shape index (κ3) is 4.29. The summed E-state index contributed by atoms with van der Waals surface area (Å²) in [5, 5.41) is 8.99. The number of nitrogen functional groups attached to an aromatic ring is 1. The smallest absolute Gasteiger partial charge is 0.271 e. The lowest BCUT2D eigenvalue weighted by atomic mass is 9.50. The predicted molar refractivity (Wildman–Crippen MR) is 97.6 cm³/mol. The molecule has 1 fully saturated rings. The number of benzene rings is 2. The van der Waals surface area contributed by atoms with Crippen LogP contribution in [0.25, 0.3) is 11.1 Å². The van der Waals surface area contributed by atoms with Crippen molar-refractivity contribution in [2.45, 2.75) is 39.0 Å². The van der Waals surface area contributed by atoms with E-state index in [9.17, 15) is 4.39 Å². The van der Waals surface area contributed by atoms with Crippen molar-refractivity contribution >= 4 is 12.4 Å². The molecule has 0 bridgehead atoms. The van der Waals surface area contributed by atoms with Gasteiger partial charge in [0.1, 0.15) is 11.6 Å². The third-order valence-electron chi connectivity index (χ3n) is 4.02. The first-order valence-electron chi connectivity index (χ1n) is 8.37. The zero-order valence-corrected chi connectivity index (χ0v) is 14.1. The maximum Gasteiger partial charge on any atom is 0.271 e. The van der Waals surface area contributed by atoms with Crippen LogP contribution in [0.15, 0.2) is 42.5 Å². The number of rotatable bonds is 3. The average molecular weight is 324 g/mol. The normalized spacial score (nSPS) is 16.1. The number of hydrogen-bond donors (Lipinski definition) is 1. The van der Waals surface area contributed by atoms with Gasteiger partial charge in [0.15, 0.2) is 0 Å². The first-order valence-corrected chi connectivity index (χ1v) is 8.37. The van der Waals surface area contributed by atoms with Crippen LogP contribution in [0.5, 0.6) is 5.75 Å². The van der Waals surface area contributed by atoms with Crippen LogP contribution in [0.4, 0.5) is 10.1 Å². The minimum Gasteiger partial charge on any atom is -0.490 e. The third-order valence-corrected chi connectivity index (χ3v) is 4.02. The Balaban J connectivity index is 0.00000100. The quantitative estimate of drug-likeness (QED) is 0.651. The van der Waals surface area contributed by atoms with Gasteiger partial charge in [-0.1, -0.05) is 32.3 Å². The van der Waals surface area contributed by atoms with Gasteiger partial charge in [-0.05, 0) is 48.6 Å². The predicted octanol–water partition coefficient (Wildman–Crippen LogP) is 4.81. The Bertz CT molecular complexity index is 712. The lowest BCUT2D eigenvalue weighted by molar-refractivity contribution is 0.227. The molecular formula is C19H22BFN2O. The number of anilines is 1. The Hall–Kier alpha value is -2.48. The summed E-state index contributed by atoms with van der Waals surface area (Å²) in [6, 6.07) is 11.7. The monoisotopic (exact) mass is 324 g/mol. The summed E-state index contributed by atoms with van der Waals surface area (Å²) < 4.78 is 19.2. The van der Waals surface area contributed by atoms with E-state index in [0.717, 1.165) is 35.9 Å². The van der Waals surface area contributed by atoms with Crippen molar-refractivity contribution in [1.82, 2.24) is 0 Å². The summed E-state index contributed by atoms with van der Waals surface area (Å²) in [7, 11) is 0. The van der Waals surface area contributed by atoms with Gasteiger partial charge in [0.25, 0.3) is 6.71 Å². The Labute approximate surface area is 143 Å². The molecule has 2 aromatic rings. The SMILES string of the molecule is CC.N#CB1CCC(Oc2ccc(N)cc2-c2ccc(F)cc2)C1. The largest absolute Gasteiger partial charge is 0.490 e. The molecule has 3 rings (SSSR count). The summed E-state index contributed by atoms with van der Waals surface area (Å²) >= 11 is 0. The molecule has 0 saturated carbocycles. The molecule has 0 aliphatic carbocycles. The highest BCUT2D eigenvalue weighted by molar-refractivity contribution is 6.67. The van der Waals surface area contributed by atoms with Gasteiger partial charge in [-0.15, -0.1) is 0 Å². The average Bonchev–Trinajstić information content (AvgIpc) is 3.07. The highest BCUT2D eigenvalue weighted by Crippen LogP contribution is 2.35. The molecule has 1 aliphatic rings. The molecule has 0 spiro atoms. The molecule has 1 atom stereocenters. The van der Waals surface area contributed by atoms with E-state index in [2.05, 4.69) is 5.97 Å². The maximum atomic E-state index is 13.1. The first kappa shape index (κ1) is 17.9. The Morgan fingerprint density at radius 2 is 1.92 bits per heavy atom. The Kier molecular flexibility index (Phi) is 6.25. The number of nitriles is 1. The van der Waals surface area contributed by atoms with Crippen LogP contribution in [0.2, 0.25) is 12.6 Å². The number of nitrogens with zero attached hydrogens (tertiary/aromatic N) is 1. The lowest BCUT2D eigenvalue weighted by Gasteiger charge is -2.17. The van der Waals surface area contributed by atoms with E-state index in [4.69, 9.17) is 15.7 Å². The van der Waals surface area contributed by atoms with Crippen molar-refractivity contribution in [2.24, 2.45) is 0 Å². The molecule has 2 N–H and O–H groups in total. The van der Waals surface area contributed by atoms with Gasteiger partial charge in [-0.2, -0.15) is 0 Å². The van der Waals surface area contributed by atoms with Crippen molar-refractivity contribution in [1.29, 1.82) is 5.26 Å². The molecule has 1 unspecified atom stereocenters. The standard InChI is InChI=1S/C17H16BFN2O.C2H6/c19-13-3-1-12(2-4-13)16-9-14(21)5-6-17(16)22-15-7-8-18(10-15)11-20;1-2/h1-6,9,15H,7-8,10,21H2;1-2H3. The molecule has 1 saturated heterocycles. The van der Waals surface area contributed by atoms with Crippen LogP contribution in [0, 0.1) is 17.0 Å². The molecule has 0 amide bonds. The molecule has 24 heavy (non-hydrogen) atoms. The fraction of sp³-hybridized carbons (Fsp3) is 0.316. The summed E-state index contributed by atoms with van der Waals surface area (Å²) in [6.07, 6.45) is 2.56. The van der Waals surface area contributed by atoms with E-state index in [-0.39, 0.29) is 18.6 Å². The second-order valence-corrected chi connectivity index (χ2v) is 5.64. The molecular weight excluding hydrogens is 302 g/mol. The molecule has 1 heterocycles. The molecule has 1 aliphatic heterocycles. The van der Waals surface area contributed by atoms with Gasteiger partial charge in [0.2, 0.25) is 0 Å². The van der Waals surface area contributed by atoms with E-state index in [0.29, 0.717) is 5.69 Å². The minimum absolute atomic E-state index is 0.0486. The molecule has 0 aromatic heterocycles. The maximum absolute atomic E-state index is 13.1. The number of hydrogen-bond acceptors (Lipinski definition) is 3. The fourth-order valence-corrected chi connectivity index (χ4v) is 2.85. The summed E-state index contributed by atoms with van der Waals surface area (Å²) in [6.45, 7) is 4.08. The van der Waals surface area contributed by atoms with Gasteiger partial charge in [0.05, 0.1) is 6.10 Å². The summed E-state index contributed by atoms with van der Waals surface area (Å²) in [5.74, 6) is 2.75. The zero-order chi connectivity index (χ0) is 17.5. The topological polar surface area (TPSA) is 59.0 Å². The molecule has 124 valence electrons. The van der Waals surface area contributed by atoms with Crippen molar-refractivity contribution in [3.8, 4) is 22.8 Å². The minimum atomic E-state index is -0.275. The van der Waals surface area contributed by atoms with E-state index in [1.807, 2.05) is 26.0 Å². The van der Waals surface area contributed by atoms with Crippen molar-refractivity contribution < 1.29 is 9.13 Å². The second kappa shape index (κ2) is 8.40. The lowest BCUT2D eigenvalue weighted by Crippen LogP contribution is -2.14. The van der Waals surface area contributed by atoms with Crippen LogP contribution in [-0.2, 0) is 0 Å². The molecule has 2 aromatic carbocycles. The zero-order valence-electron chi connectivity index (χ0n) is 14.1. The first-order chi connectivity index (χ1) is 11.7. The van der Waals surface area contributed by atoms with Crippen molar-refractivity contribution in [3.05, 3.63) is 48.3 Å². The Morgan fingerprint density at radius 1 is 1.21 bits per heavy atom. The van der Waals surface area contributed by atoms with Crippen LogP contribution in [0.1, 0.15) is 20.3 Å². The van der Waals surface area contributed by atoms with Crippen LogP contribution in [-0.4, -0.2) is 12.8 Å². The highest BCUT2D eigenvalue weighted by atomic mass is 19.1. The summed E-state index contributed by atoms with van der Waals surface area (Å²) in [4.78, 5) is 0. The van der Waals surface area contributed by atoms with Crippen LogP contribution >= 0.6 is 0 Å². The number of nitrogens with two attached hydrogens (primary N) is 1. The number of halogens is 1.